The Kier molecular flexibility index (Phi) is 39.0. The van der Waals surface area contributed by atoms with Crippen LogP contribution in [0.25, 0.3) is 10.8 Å². The van der Waals surface area contributed by atoms with Crippen LogP contribution in [-0.4, -0.2) is 269 Å². The molecular weight excluding hydrogens is 1690 g/mol. The van der Waals surface area contributed by atoms with Crippen LogP contribution in [0, 0.1) is 16.2 Å². The number of primary amides is 1. The van der Waals surface area contributed by atoms with Gasteiger partial charge in [-0.05, 0) is 84.5 Å². The number of amides is 14. The summed E-state index contributed by atoms with van der Waals surface area (Å²) in [6, 6.07) is 6.79. The molecule has 8 rings (SSSR count). The maximum absolute atomic E-state index is 15.5. The molecule has 129 heavy (non-hydrogen) atoms. The van der Waals surface area contributed by atoms with E-state index in [1.54, 1.807) is 74.6 Å². The minimum atomic E-state index is -1.94. The fourth-order valence-corrected chi connectivity index (χ4v) is 14.8. The van der Waals surface area contributed by atoms with Crippen molar-refractivity contribution in [1.82, 2.24) is 114 Å². The quantitative estimate of drug-likeness (QED) is 0.0118. The van der Waals surface area contributed by atoms with Crippen LogP contribution in [0.15, 0.2) is 135 Å². The predicted octanol–water partition coefficient (Wildman–Crippen LogP) is -5.82. The van der Waals surface area contributed by atoms with Gasteiger partial charge in [-0.2, -0.15) is 0 Å². The Morgan fingerprint density at radius 3 is 1.46 bits per heavy atom. The Morgan fingerprint density at radius 1 is 0.488 bits per heavy atom. The molecule has 46 heteroatoms. The van der Waals surface area contributed by atoms with Crippen molar-refractivity contribution in [2.75, 3.05) is 51.3 Å². The summed E-state index contributed by atoms with van der Waals surface area (Å²) in [4.78, 5) is 227. The lowest BCUT2D eigenvalue weighted by Crippen LogP contribution is -2.62. The normalized spacial score (nSPS) is 21.7. The summed E-state index contributed by atoms with van der Waals surface area (Å²) in [5.41, 5.74) is 24.5. The number of aryl methyl sites for hydroxylation is 1. The third-order valence-electron chi connectivity index (χ3n) is 20.8. The molecule has 7 aromatic rings. The first-order valence-corrected chi connectivity index (χ1v) is 42.7. The number of aliphatic hydroxyl groups is 1. The van der Waals surface area contributed by atoms with Gasteiger partial charge in [-0.1, -0.05) is 91.9 Å². The average molecular weight is 1810 g/mol. The molecule has 14 amide bonds. The van der Waals surface area contributed by atoms with Crippen LogP contribution in [-0.2, 0) is 113 Å². The van der Waals surface area contributed by atoms with Gasteiger partial charge >= 0.3 is 0 Å². The molecule has 0 unspecified atom stereocenters. The fourth-order valence-electron chi connectivity index (χ4n) is 13.9. The number of hydrogen-bond donors (Lipinski definition) is 26. The second kappa shape index (κ2) is 50.4. The molecular formula is C83H113N29O16S. The lowest BCUT2D eigenvalue weighted by molar-refractivity contribution is -0.143. The minimum Gasteiger partial charge on any atom is -0.508 e. The molecule has 692 valence electrons. The summed E-state index contributed by atoms with van der Waals surface area (Å²) in [6.07, 6.45) is 5.29. The zero-order valence-corrected chi connectivity index (χ0v) is 72.2. The standard InChI is InChI=1S/C83H113N29O16S/c1-4-55-70(118)105-60(32-49-18-10-17-48-16-8-9-19-54(48)49)74(122)106-61(33-50-36-91-43-98-50)75(123)103-57(21-12-28-95-82(87)88)72(120)109-64(40-113)78(126)104-58(22-13-29-96-83(89)90)80(128)112(3)66(31-47-23-25-53(114)26-24-47)79(127)108-62(34-51-37-92-44-99-51)76(124)102-56(20-11-27-94-81(85)86)71(119)107-63(35-52-38-93-45-111(52)2)77(125)110-65(69(117)97-39-67(84)115)41-129-42-68(116)100-59(73(121)101-55)30-46-14-6-5-7-15-46/h5-10,14-19,23-26,36-38,43-45,55-66,113-114H,4,11-13,20-22,27-35,39-42H2,1-3H3,(H2,84,115)(H,91,98)(H,92,99)(H,97,117)(H,100,116)(H,101,121)(H,102,124)(H,103,123)(H,104,126)(H,105,118)(H,106,122)(H,107,119)(H,108,127)(H,109,120)(H,110,125)(H4,85,86,94)(H4,87,88,95)(H4,89,90,96)/t55-,56-,57-,58-,59-,60-,61-,62-,63-,64-,65-,66-/m1/s1. The van der Waals surface area contributed by atoms with E-state index in [4.69, 9.17) is 39.2 Å². The number of phenolic OH excluding ortho intramolecular Hbond substituents is 1. The number of rotatable bonds is 29. The number of carbonyl (C=O) groups is 14. The van der Waals surface area contributed by atoms with Crippen molar-refractivity contribution < 1.29 is 77.3 Å². The van der Waals surface area contributed by atoms with Gasteiger partial charge in [0, 0.05) is 102 Å². The molecule has 0 saturated carbocycles. The Balaban J connectivity index is 1.23. The molecule has 4 heterocycles. The molecule has 3 aromatic heterocycles. The number of guanidine groups is 3. The Labute approximate surface area is 745 Å². The van der Waals surface area contributed by atoms with Crippen LogP contribution in [0.3, 0.4) is 0 Å². The molecule has 0 radical (unpaired) electrons. The summed E-state index contributed by atoms with van der Waals surface area (Å²) in [6.45, 7) is -0.475. The first kappa shape index (κ1) is 99.7. The Hall–Kier alpha value is -14.7. The summed E-state index contributed by atoms with van der Waals surface area (Å²) in [5.74, 6) is -16.4. The van der Waals surface area contributed by atoms with Crippen LogP contribution in [0.1, 0.15) is 85.6 Å². The Morgan fingerprint density at radius 2 is 0.938 bits per heavy atom. The van der Waals surface area contributed by atoms with Crippen molar-refractivity contribution in [1.29, 1.82) is 16.2 Å². The first-order valence-electron chi connectivity index (χ1n) is 41.5. The SMILES string of the molecule is CC[C@H]1NC(=O)[C@@H](Cc2ccccc2)NC(=O)CSC[C@H](C(=O)NCC(N)=O)NC(=O)[C@@H](Cc2cncn2C)NC(=O)[C@@H](CCCNC(=N)N)NC(=O)[C@@H](Cc2c[nH]cn2)NC(=O)[C@@H](Cc2ccc(O)cc2)N(C)C(=O)[C@@H](CCCNC(=N)N)NC(=O)[C@@H](CO)NC(=O)[C@@H](CCCNC(=N)N)NC(=O)[C@@H](Cc2c[nH]cn2)NC(=O)[C@@H](Cc2cccc3ccccc23)NC1=O. The number of benzene rings is 4. The molecule has 30 N–H and O–H groups in total. The number of H-pyrrole nitrogens is 2. The number of nitrogens with zero attached hydrogens (tertiary/aromatic N) is 5. The highest BCUT2D eigenvalue weighted by Crippen LogP contribution is 2.23. The number of thioether (sulfide) groups is 1. The molecule has 12 atom stereocenters. The third-order valence-corrected chi connectivity index (χ3v) is 21.8. The molecule has 0 bridgehead atoms. The zero-order chi connectivity index (χ0) is 93.6. The van der Waals surface area contributed by atoms with E-state index in [1.807, 2.05) is 12.1 Å². The molecule has 1 fully saturated rings. The van der Waals surface area contributed by atoms with Crippen molar-refractivity contribution in [2.45, 2.75) is 163 Å². The van der Waals surface area contributed by atoms with Gasteiger partial charge in [-0.3, -0.25) is 83.4 Å². The van der Waals surface area contributed by atoms with E-state index in [9.17, 15) is 39.0 Å². The molecule has 0 spiro atoms. The Bertz CT molecular complexity index is 5020. The van der Waals surface area contributed by atoms with E-state index in [0.717, 1.165) is 22.0 Å². The van der Waals surface area contributed by atoms with Gasteiger partial charge in [0.25, 0.3) is 0 Å². The highest BCUT2D eigenvalue weighted by molar-refractivity contribution is 8.00. The second-order valence-electron chi connectivity index (χ2n) is 30.6. The van der Waals surface area contributed by atoms with Crippen molar-refractivity contribution >= 4 is 123 Å². The number of aromatic hydroxyl groups is 1. The van der Waals surface area contributed by atoms with Gasteiger partial charge in [0.15, 0.2) is 17.9 Å². The number of fused-ring (bicyclic) bond motifs is 1. The van der Waals surface area contributed by atoms with Crippen LogP contribution < -0.4 is 103 Å². The summed E-state index contributed by atoms with van der Waals surface area (Å²) in [7, 11) is 2.80. The van der Waals surface area contributed by atoms with Crippen LogP contribution in [0.2, 0.25) is 0 Å². The molecule has 1 aliphatic heterocycles. The summed E-state index contributed by atoms with van der Waals surface area (Å²) < 4.78 is 1.53. The fraction of sp³-hybridized carbons (Fsp3) is 0.422. The second-order valence-corrected chi connectivity index (χ2v) is 31.6. The number of aliphatic hydroxyl groups excluding tert-OH is 1. The van der Waals surface area contributed by atoms with Crippen molar-refractivity contribution in [3.05, 3.63) is 168 Å². The van der Waals surface area contributed by atoms with Crippen molar-refractivity contribution in [2.24, 2.45) is 30.0 Å². The van der Waals surface area contributed by atoms with E-state index in [-0.39, 0.29) is 114 Å². The van der Waals surface area contributed by atoms with E-state index in [0.29, 0.717) is 27.8 Å². The van der Waals surface area contributed by atoms with Gasteiger partial charge in [-0.25, -0.2) is 15.0 Å². The van der Waals surface area contributed by atoms with Crippen molar-refractivity contribution in [3.8, 4) is 5.75 Å². The van der Waals surface area contributed by atoms with Gasteiger partial charge in [0.1, 0.15) is 78.3 Å². The van der Waals surface area contributed by atoms with Crippen LogP contribution in [0.5, 0.6) is 5.75 Å². The van der Waals surface area contributed by atoms with E-state index >= 15 is 38.4 Å². The number of hydrogen-bond acceptors (Lipinski definition) is 23. The van der Waals surface area contributed by atoms with E-state index in [2.05, 4.69) is 105 Å². The molecule has 0 aliphatic carbocycles. The number of phenols is 1. The van der Waals surface area contributed by atoms with Gasteiger partial charge in [0.2, 0.25) is 82.7 Å². The first-order chi connectivity index (χ1) is 61.7. The number of imidazole rings is 3. The smallest absolute Gasteiger partial charge is 0.245 e. The van der Waals surface area contributed by atoms with Gasteiger partial charge in [0.05, 0.1) is 49.3 Å². The predicted molar refractivity (Wildman–Crippen MR) is 473 cm³/mol. The number of nitrogens with one attached hydrogen (secondary N) is 20. The van der Waals surface area contributed by atoms with Gasteiger partial charge < -0.3 is 132 Å². The lowest BCUT2D eigenvalue weighted by Gasteiger charge is -2.33. The lowest BCUT2D eigenvalue weighted by atomic mass is 9.97. The van der Waals surface area contributed by atoms with E-state index < -0.39 is 204 Å². The molecule has 4 aromatic carbocycles. The summed E-state index contributed by atoms with van der Waals surface area (Å²) >= 11 is 0.789. The summed E-state index contributed by atoms with van der Waals surface area (Å²) in [5, 5.41) is 86.0. The number of likely N-dealkylation sites (N-methyl/N-ethyl adjacent to an activating group) is 1. The minimum absolute atomic E-state index is 0.00731. The highest BCUT2D eigenvalue weighted by atomic mass is 32.2. The number of aromatic nitrogens is 6. The molecule has 45 nitrogen and oxygen atoms in total. The largest absolute Gasteiger partial charge is 0.508 e. The van der Waals surface area contributed by atoms with E-state index in [1.165, 1.54) is 73.5 Å². The number of carbonyl (C=O) groups excluding carboxylic acids is 14. The van der Waals surface area contributed by atoms with Gasteiger partial charge in [-0.15, -0.1) is 11.8 Å². The maximum atomic E-state index is 15.5. The average Bonchev–Trinajstić information content (AvgIpc) is 1.72. The third kappa shape index (κ3) is 32.3. The maximum Gasteiger partial charge on any atom is 0.245 e. The van der Waals surface area contributed by atoms with Crippen molar-refractivity contribution in [3.63, 3.8) is 0 Å². The number of nitrogens with two attached hydrogens (primary N) is 4. The van der Waals surface area contributed by atoms with Crippen LogP contribution in [0.4, 0.5) is 0 Å². The zero-order valence-electron chi connectivity index (χ0n) is 71.3. The monoisotopic (exact) mass is 1800 g/mol. The number of aromatic amines is 2. The highest BCUT2D eigenvalue weighted by Gasteiger charge is 2.40. The van der Waals surface area contributed by atoms with Crippen LogP contribution >= 0.6 is 11.8 Å². The topological polar surface area (TPSA) is 714 Å². The molecule has 1 aliphatic rings. The molecule has 1 saturated heterocycles.